The van der Waals surface area contributed by atoms with E-state index in [4.69, 9.17) is 9.84 Å². The average molecular weight is 315 g/mol. The standard InChI is InChI=1S/C16H17N3O4/c1-11-8-19-14(9-18-11)16(22)17-7-6-12-2-4-13(5-3-12)23-10-15(20)21/h2-5,8-9H,6-7,10H2,1H3,(H,17,22)(H,20,21). The Labute approximate surface area is 133 Å². The number of aromatic nitrogens is 2. The molecule has 0 saturated heterocycles. The number of aryl methyl sites for hydroxylation is 1. The van der Waals surface area contributed by atoms with Gasteiger partial charge in [0, 0.05) is 12.7 Å². The highest BCUT2D eigenvalue weighted by Crippen LogP contribution is 2.12. The van der Waals surface area contributed by atoms with Gasteiger partial charge in [-0.25, -0.2) is 9.78 Å². The molecule has 7 nitrogen and oxygen atoms in total. The van der Waals surface area contributed by atoms with E-state index < -0.39 is 5.97 Å². The Morgan fingerprint density at radius 3 is 2.52 bits per heavy atom. The van der Waals surface area contributed by atoms with E-state index in [1.807, 2.05) is 12.1 Å². The predicted molar refractivity (Wildman–Crippen MR) is 82.4 cm³/mol. The van der Waals surface area contributed by atoms with Crippen LogP contribution in [0.1, 0.15) is 21.7 Å². The van der Waals surface area contributed by atoms with Gasteiger partial charge in [0.15, 0.2) is 6.61 Å². The van der Waals surface area contributed by atoms with Crippen molar-refractivity contribution in [2.24, 2.45) is 0 Å². The molecule has 0 bridgehead atoms. The van der Waals surface area contributed by atoms with Gasteiger partial charge in [0.1, 0.15) is 11.4 Å². The van der Waals surface area contributed by atoms with Crippen molar-refractivity contribution < 1.29 is 19.4 Å². The van der Waals surface area contributed by atoms with E-state index in [2.05, 4.69) is 15.3 Å². The lowest BCUT2D eigenvalue weighted by Gasteiger charge is -2.06. The molecule has 2 N–H and O–H groups in total. The van der Waals surface area contributed by atoms with Crippen molar-refractivity contribution in [3.8, 4) is 5.75 Å². The van der Waals surface area contributed by atoms with Crippen molar-refractivity contribution in [1.29, 1.82) is 0 Å². The molecule has 1 aromatic heterocycles. The molecule has 2 aromatic rings. The average Bonchev–Trinajstić information content (AvgIpc) is 2.54. The lowest BCUT2D eigenvalue weighted by molar-refractivity contribution is -0.139. The fraction of sp³-hybridized carbons (Fsp3) is 0.250. The molecule has 1 heterocycles. The monoisotopic (exact) mass is 315 g/mol. The van der Waals surface area contributed by atoms with Crippen molar-refractivity contribution in [3.63, 3.8) is 0 Å². The molecule has 23 heavy (non-hydrogen) atoms. The van der Waals surface area contributed by atoms with E-state index in [1.54, 1.807) is 25.3 Å². The molecule has 1 amide bonds. The van der Waals surface area contributed by atoms with Gasteiger partial charge >= 0.3 is 5.97 Å². The first kappa shape index (κ1) is 16.4. The highest BCUT2D eigenvalue weighted by atomic mass is 16.5. The maximum Gasteiger partial charge on any atom is 0.341 e. The molecule has 7 heteroatoms. The second kappa shape index (κ2) is 7.88. The molecular formula is C16H17N3O4. The third kappa shape index (κ3) is 5.39. The SMILES string of the molecule is Cc1cnc(C(=O)NCCc2ccc(OCC(=O)O)cc2)cn1. The zero-order chi connectivity index (χ0) is 16.7. The fourth-order valence-electron chi connectivity index (χ4n) is 1.82. The van der Waals surface area contributed by atoms with Crippen LogP contribution in [0.2, 0.25) is 0 Å². The molecule has 0 aliphatic heterocycles. The lowest BCUT2D eigenvalue weighted by Crippen LogP contribution is -2.26. The summed E-state index contributed by atoms with van der Waals surface area (Å²) in [4.78, 5) is 30.3. The maximum atomic E-state index is 11.9. The van der Waals surface area contributed by atoms with Crippen LogP contribution in [0.4, 0.5) is 0 Å². The van der Waals surface area contributed by atoms with Gasteiger partial charge in [-0.1, -0.05) is 12.1 Å². The third-order valence-electron chi connectivity index (χ3n) is 3.00. The number of benzene rings is 1. The van der Waals surface area contributed by atoms with E-state index in [0.29, 0.717) is 18.7 Å². The Kier molecular flexibility index (Phi) is 5.62. The number of amides is 1. The Hall–Kier alpha value is -2.96. The zero-order valence-corrected chi connectivity index (χ0v) is 12.7. The molecule has 0 spiro atoms. The van der Waals surface area contributed by atoms with Crippen LogP contribution in [0.25, 0.3) is 0 Å². The van der Waals surface area contributed by atoms with Crippen molar-refractivity contribution >= 4 is 11.9 Å². The molecule has 120 valence electrons. The van der Waals surface area contributed by atoms with Gasteiger partial charge in [-0.05, 0) is 31.0 Å². The molecule has 0 fully saturated rings. The van der Waals surface area contributed by atoms with E-state index in [-0.39, 0.29) is 18.2 Å². The minimum absolute atomic E-state index is 0.265. The molecule has 0 radical (unpaired) electrons. The molecule has 0 saturated carbocycles. The Morgan fingerprint density at radius 1 is 1.17 bits per heavy atom. The smallest absolute Gasteiger partial charge is 0.341 e. The van der Waals surface area contributed by atoms with Crippen LogP contribution in [0.15, 0.2) is 36.7 Å². The van der Waals surface area contributed by atoms with Gasteiger partial charge in [-0.15, -0.1) is 0 Å². The summed E-state index contributed by atoms with van der Waals surface area (Å²) in [5.74, 6) is -0.787. The first-order chi connectivity index (χ1) is 11.0. The Morgan fingerprint density at radius 2 is 1.91 bits per heavy atom. The number of hydrogen-bond acceptors (Lipinski definition) is 5. The molecule has 0 unspecified atom stereocenters. The van der Waals surface area contributed by atoms with Crippen molar-refractivity contribution in [2.45, 2.75) is 13.3 Å². The van der Waals surface area contributed by atoms with E-state index >= 15 is 0 Å². The molecule has 2 rings (SSSR count). The minimum Gasteiger partial charge on any atom is -0.482 e. The highest BCUT2D eigenvalue weighted by molar-refractivity contribution is 5.91. The van der Waals surface area contributed by atoms with Crippen LogP contribution in [0.3, 0.4) is 0 Å². The van der Waals surface area contributed by atoms with Gasteiger partial charge < -0.3 is 15.2 Å². The van der Waals surface area contributed by atoms with E-state index in [0.717, 1.165) is 11.3 Å². The normalized spacial score (nSPS) is 10.1. The number of nitrogens with one attached hydrogen (secondary N) is 1. The molecule has 0 aliphatic rings. The summed E-state index contributed by atoms with van der Waals surface area (Å²) < 4.78 is 5.05. The van der Waals surface area contributed by atoms with Crippen LogP contribution in [0.5, 0.6) is 5.75 Å². The van der Waals surface area contributed by atoms with Crippen LogP contribution < -0.4 is 10.1 Å². The summed E-state index contributed by atoms with van der Waals surface area (Å²) in [6.45, 7) is 1.90. The van der Waals surface area contributed by atoms with Crippen LogP contribution in [-0.4, -0.2) is 40.1 Å². The quantitative estimate of drug-likeness (QED) is 0.796. The fourth-order valence-corrected chi connectivity index (χ4v) is 1.82. The number of ether oxygens (including phenoxy) is 1. The van der Waals surface area contributed by atoms with Gasteiger partial charge in [-0.3, -0.25) is 9.78 Å². The summed E-state index contributed by atoms with van der Waals surface area (Å²) >= 11 is 0. The number of nitrogens with zero attached hydrogens (tertiary/aromatic N) is 2. The first-order valence-electron chi connectivity index (χ1n) is 7.05. The number of carboxylic acids is 1. The summed E-state index contributed by atoms with van der Waals surface area (Å²) in [5.41, 5.74) is 2.04. The van der Waals surface area contributed by atoms with Crippen LogP contribution in [0, 0.1) is 6.92 Å². The second-order valence-electron chi connectivity index (χ2n) is 4.88. The van der Waals surface area contributed by atoms with Crippen molar-refractivity contribution in [1.82, 2.24) is 15.3 Å². The Bertz CT molecular complexity index is 669. The summed E-state index contributed by atoms with van der Waals surface area (Å²) in [6, 6.07) is 7.06. The van der Waals surface area contributed by atoms with Crippen LogP contribution in [-0.2, 0) is 11.2 Å². The largest absolute Gasteiger partial charge is 0.482 e. The van der Waals surface area contributed by atoms with Gasteiger partial charge in [-0.2, -0.15) is 0 Å². The third-order valence-corrected chi connectivity index (χ3v) is 3.00. The summed E-state index contributed by atoms with van der Waals surface area (Å²) in [5, 5.41) is 11.3. The minimum atomic E-state index is -1.02. The molecule has 0 aliphatic carbocycles. The topological polar surface area (TPSA) is 101 Å². The molecule has 0 atom stereocenters. The second-order valence-corrected chi connectivity index (χ2v) is 4.88. The van der Waals surface area contributed by atoms with Crippen LogP contribution >= 0.6 is 0 Å². The molecule has 1 aromatic carbocycles. The summed E-state index contributed by atoms with van der Waals surface area (Å²) in [6.07, 6.45) is 3.63. The number of carbonyl (C=O) groups excluding carboxylic acids is 1. The Balaban J connectivity index is 1.78. The molecular weight excluding hydrogens is 298 g/mol. The lowest BCUT2D eigenvalue weighted by atomic mass is 10.1. The number of carboxylic acid groups (broad SMARTS) is 1. The number of aliphatic carboxylic acids is 1. The first-order valence-corrected chi connectivity index (χ1v) is 7.05. The predicted octanol–water partition coefficient (Wildman–Crippen LogP) is 1.22. The number of hydrogen-bond donors (Lipinski definition) is 2. The number of rotatable bonds is 7. The van der Waals surface area contributed by atoms with Gasteiger partial charge in [0.25, 0.3) is 5.91 Å². The van der Waals surface area contributed by atoms with Gasteiger partial charge in [0.2, 0.25) is 0 Å². The maximum absolute atomic E-state index is 11.9. The van der Waals surface area contributed by atoms with E-state index in [9.17, 15) is 9.59 Å². The van der Waals surface area contributed by atoms with E-state index in [1.165, 1.54) is 6.20 Å². The van der Waals surface area contributed by atoms with Crippen molar-refractivity contribution in [3.05, 3.63) is 53.6 Å². The van der Waals surface area contributed by atoms with Crippen molar-refractivity contribution in [2.75, 3.05) is 13.2 Å². The highest BCUT2D eigenvalue weighted by Gasteiger charge is 2.06. The number of carbonyl (C=O) groups is 2. The van der Waals surface area contributed by atoms with Gasteiger partial charge in [0.05, 0.1) is 11.9 Å². The zero-order valence-electron chi connectivity index (χ0n) is 12.7. The summed E-state index contributed by atoms with van der Waals surface area (Å²) in [7, 11) is 0.